The Kier molecular flexibility index (Phi) is 4.80. The summed E-state index contributed by atoms with van der Waals surface area (Å²) in [6.45, 7) is 0.483. The number of carbonyl (C=O) groups is 1. The van der Waals surface area contributed by atoms with E-state index in [4.69, 9.17) is 10.3 Å². The molecule has 0 radical (unpaired) electrons. The quantitative estimate of drug-likeness (QED) is 0.737. The van der Waals surface area contributed by atoms with Gasteiger partial charge >= 0.3 is 5.97 Å². The Bertz CT molecular complexity index is 262. The smallest absolute Gasteiger partial charge is 0.323 e. The molecule has 2 N–H and O–H groups in total. The molecule has 0 amide bonds. The van der Waals surface area contributed by atoms with Crippen molar-refractivity contribution in [1.29, 1.82) is 0 Å². The third-order valence-corrected chi connectivity index (χ3v) is 2.18. The lowest BCUT2D eigenvalue weighted by Crippen LogP contribution is -2.32. The average Bonchev–Trinajstić information content (AvgIpc) is 2.68. The molecule has 82 valence electrons. The van der Waals surface area contributed by atoms with Crippen LogP contribution in [0.2, 0.25) is 0 Å². The molecule has 15 heavy (non-hydrogen) atoms. The van der Waals surface area contributed by atoms with Gasteiger partial charge in [-0.1, -0.05) is 36.4 Å². The third-order valence-electron chi connectivity index (χ3n) is 2.18. The number of carboxylic acid groups (broad SMARTS) is 1. The molecule has 0 aliphatic carbocycles. The molecule has 4 heteroatoms. The second-order valence-corrected chi connectivity index (χ2v) is 3.31. The number of hydrogen-bond donors (Lipinski definition) is 2. The van der Waals surface area contributed by atoms with Crippen molar-refractivity contribution in [3.63, 3.8) is 0 Å². The van der Waals surface area contributed by atoms with Crippen LogP contribution < -0.4 is 0 Å². The predicted molar refractivity (Wildman–Crippen MR) is 55.6 cm³/mol. The summed E-state index contributed by atoms with van der Waals surface area (Å²) in [6, 6.07) is 11.3. The summed E-state index contributed by atoms with van der Waals surface area (Å²) < 4.78 is 0. The van der Waals surface area contributed by atoms with Crippen LogP contribution in [0.5, 0.6) is 0 Å². The van der Waals surface area contributed by atoms with Gasteiger partial charge in [-0.05, 0) is 12.8 Å². The van der Waals surface area contributed by atoms with Gasteiger partial charge in [-0.3, -0.25) is 4.79 Å². The molecule has 1 saturated heterocycles. The first-order valence-corrected chi connectivity index (χ1v) is 4.90. The van der Waals surface area contributed by atoms with E-state index in [9.17, 15) is 4.79 Å². The zero-order valence-electron chi connectivity index (χ0n) is 8.41. The van der Waals surface area contributed by atoms with Gasteiger partial charge in [0.15, 0.2) is 0 Å². The molecule has 1 aliphatic heterocycles. The van der Waals surface area contributed by atoms with Crippen LogP contribution >= 0.6 is 0 Å². The molecule has 0 bridgehead atoms. The molecule has 2 rings (SSSR count). The monoisotopic (exact) mass is 209 g/mol. The number of nitrogens with zero attached hydrogens (tertiary/aromatic N) is 1. The molecule has 1 fully saturated rings. The minimum atomic E-state index is -0.935. The molecule has 0 saturated carbocycles. The fourth-order valence-corrected chi connectivity index (χ4v) is 1.39. The van der Waals surface area contributed by atoms with Crippen molar-refractivity contribution in [1.82, 2.24) is 5.06 Å². The van der Waals surface area contributed by atoms with Crippen LogP contribution in [0, 0.1) is 0 Å². The fraction of sp³-hybridized carbons (Fsp3) is 0.364. The summed E-state index contributed by atoms with van der Waals surface area (Å²) >= 11 is 0. The molecule has 4 nitrogen and oxygen atoms in total. The van der Waals surface area contributed by atoms with Gasteiger partial charge in [0.05, 0.1) is 0 Å². The van der Waals surface area contributed by atoms with E-state index in [1.807, 2.05) is 36.4 Å². The maximum Gasteiger partial charge on any atom is 0.323 e. The van der Waals surface area contributed by atoms with Crippen molar-refractivity contribution in [2.45, 2.75) is 18.9 Å². The van der Waals surface area contributed by atoms with Crippen LogP contribution in [-0.2, 0) is 4.79 Å². The van der Waals surface area contributed by atoms with E-state index in [2.05, 4.69) is 0 Å². The van der Waals surface area contributed by atoms with Crippen molar-refractivity contribution < 1.29 is 15.1 Å². The van der Waals surface area contributed by atoms with E-state index in [1.165, 1.54) is 0 Å². The lowest BCUT2D eigenvalue weighted by Gasteiger charge is -2.11. The molecule has 0 aromatic heterocycles. The minimum Gasteiger partial charge on any atom is -0.480 e. The normalized spacial score (nSPS) is 20.5. The standard InChI is InChI=1S/C6H6.C5H9NO3/c1-2-4-6-5-3-1;7-5(8)4-2-1-3-6(4)9/h1-6H;4,9H,1-3H2,(H,7,8)/t;4-/m.1/s1. The summed E-state index contributed by atoms with van der Waals surface area (Å²) in [5.74, 6) is -0.935. The second-order valence-electron chi connectivity index (χ2n) is 3.31. The Labute approximate surface area is 88.7 Å². The maximum absolute atomic E-state index is 10.2. The van der Waals surface area contributed by atoms with Gasteiger partial charge < -0.3 is 10.3 Å². The summed E-state index contributed by atoms with van der Waals surface area (Å²) in [5.41, 5.74) is 0. The Morgan fingerprint density at radius 1 is 1.13 bits per heavy atom. The SMILES string of the molecule is O=C(O)[C@H]1CCCN1O.c1ccccc1. The van der Waals surface area contributed by atoms with Crippen LogP contribution in [0.4, 0.5) is 0 Å². The lowest BCUT2D eigenvalue weighted by molar-refractivity contribution is -0.160. The second kappa shape index (κ2) is 6.16. The Hall–Kier alpha value is -1.39. The van der Waals surface area contributed by atoms with Crippen LogP contribution in [0.3, 0.4) is 0 Å². The number of hydroxylamine groups is 2. The molecule has 0 spiro atoms. The minimum absolute atomic E-state index is 0.483. The van der Waals surface area contributed by atoms with Gasteiger partial charge in [-0.2, -0.15) is 5.06 Å². The summed E-state index contributed by atoms with van der Waals surface area (Å²) in [4.78, 5) is 10.2. The zero-order chi connectivity index (χ0) is 11.1. The van der Waals surface area contributed by atoms with Gasteiger partial charge in [-0.15, -0.1) is 0 Å². The van der Waals surface area contributed by atoms with E-state index < -0.39 is 12.0 Å². The number of carboxylic acids is 1. The highest BCUT2D eigenvalue weighted by Crippen LogP contribution is 2.13. The van der Waals surface area contributed by atoms with Crippen molar-refractivity contribution in [3.8, 4) is 0 Å². The predicted octanol–water partition coefficient (Wildman–Crippen LogP) is 1.61. The maximum atomic E-state index is 10.2. The van der Waals surface area contributed by atoms with E-state index in [-0.39, 0.29) is 0 Å². The number of hydrogen-bond acceptors (Lipinski definition) is 3. The van der Waals surface area contributed by atoms with E-state index >= 15 is 0 Å². The van der Waals surface area contributed by atoms with E-state index in [0.717, 1.165) is 11.5 Å². The summed E-state index contributed by atoms with van der Waals surface area (Å²) in [7, 11) is 0. The van der Waals surface area contributed by atoms with Crippen molar-refractivity contribution in [3.05, 3.63) is 36.4 Å². The van der Waals surface area contributed by atoms with Crippen LogP contribution in [-0.4, -0.2) is 33.9 Å². The van der Waals surface area contributed by atoms with Gasteiger partial charge in [0.2, 0.25) is 0 Å². The number of aliphatic carboxylic acids is 1. The highest BCUT2D eigenvalue weighted by Gasteiger charge is 2.28. The molecule has 1 heterocycles. The Morgan fingerprint density at radius 3 is 1.80 bits per heavy atom. The Balaban J connectivity index is 0.000000162. The highest BCUT2D eigenvalue weighted by atomic mass is 16.5. The van der Waals surface area contributed by atoms with Crippen LogP contribution in [0.25, 0.3) is 0 Å². The highest BCUT2D eigenvalue weighted by molar-refractivity contribution is 5.73. The Morgan fingerprint density at radius 2 is 1.60 bits per heavy atom. The van der Waals surface area contributed by atoms with Crippen LogP contribution in [0.15, 0.2) is 36.4 Å². The molecule has 1 atom stereocenters. The molecule has 1 aromatic carbocycles. The summed E-state index contributed by atoms with van der Waals surface area (Å²) in [5, 5.41) is 18.1. The van der Waals surface area contributed by atoms with Gasteiger partial charge in [-0.25, -0.2) is 0 Å². The first kappa shape index (κ1) is 11.7. The van der Waals surface area contributed by atoms with Gasteiger partial charge in [0.1, 0.15) is 6.04 Å². The van der Waals surface area contributed by atoms with Gasteiger partial charge in [0, 0.05) is 6.54 Å². The molecular weight excluding hydrogens is 194 g/mol. The van der Waals surface area contributed by atoms with E-state index in [0.29, 0.717) is 13.0 Å². The molecular formula is C11H15NO3. The van der Waals surface area contributed by atoms with Crippen LogP contribution in [0.1, 0.15) is 12.8 Å². The largest absolute Gasteiger partial charge is 0.480 e. The molecule has 0 unspecified atom stereocenters. The number of rotatable bonds is 1. The first-order chi connectivity index (χ1) is 7.22. The fourth-order valence-electron chi connectivity index (χ4n) is 1.39. The van der Waals surface area contributed by atoms with Crippen molar-refractivity contribution >= 4 is 5.97 Å². The zero-order valence-corrected chi connectivity index (χ0v) is 8.41. The van der Waals surface area contributed by atoms with E-state index in [1.54, 1.807) is 0 Å². The number of benzene rings is 1. The van der Waals surface area contributed by atoms with Crippen molar-refractivity contribution in [2.75, 3.05) is 6.54 Å². The van der Waals surface area contributed by atoms with Gasteiger partial charge in [0.25, 0.3) is 0 Å². The van der Waals surface area contributed by atoms with Crippen molar-refractivity contribution in [2.24, 2.45) is 0 Å². The first-order valence-electron chi connectivity index (χ1n) is 4.90. The topological polar surface area (TPSA) is 60.8 Å². The third kappa shape index (κ3) is 4.10. The summed E-state index contributed by atoms with van der Waals surface area (Å²) in [6.07, 6.45) is 1.33. The lowest BCUT2D eigenvalue weighted by atomic mass is 10.2. The molecule has 1 aliphatic rings. The average molecular weight is 209 g/mol. The molecule has 1 aromatic rings.